The molecule has 1 heterocycles. The predicted molar refractivity (Wildman–Crippen MR) is 73.1 cm³/mol. The maximum Gasteiger partial charge on any atom is 0.303 e. The minimum absolute atomic E-state index is 0.0390. The summed E-state index contributed by atoms with van der Waals surface area (Å²) in [5, 5.41) is 14.2. The number of rotatable bonds is 7. The molecule has 1 aromatic heterocycles. The molecule has 0 aliphatic rings. The van der Waals surface area contributed by atoms with Gasteiger partial charge in [0, 0.05) is 13.0 Å². The molecule has 0 unspecified atom stereocenters. The first-order valence-electron chi connectivity index (χ1n) is 6.19. The van der Waals surface area contributed by atoms with Gasteiger partial charge in [0.25, 0.3) is 0 Å². The largest absolute Gasteiger partial charge is 0.481 e. The fourth-order valence-corrected chi connectivity index (χ4v) is 1.33. The van der Waals surface area contributed by atoms with Gasteiger partial charge in [0.1, 0.15) is 5.82 Å². The molecule has 6 nitrogen and oxygen atoms in total. The van der Waals surface area contributed by atoms with Gasteiger partial charge in [0.05, 0.1) is 18.3 Å². The topological polar surface area (TPSA) is 91.3 Å². The lowest BCUT2D eigenvalue weighted by atomic mass is 10.2. The highest BCUT2D eigenvalue weighted by Crippen LogP contribution is 2.10. The van der Waals surface area contributed by atoms with Crippen molar-refractivity contribution in [3.8, 4) is 0 Å². The fraction of sp³-hybridized carbons (Fsp3) is 0.462. The van der Waals surface area contributed by atoms with Gasteiger partial charge in [-0.1, -0.05) is 13.8 Å². The van der Waals surface area contributed by atoms with Crippen molar-refractivity contribution in [2.45, 2.75) is 26.7 Å². The van der Waals surface area contributed by atoms with Gasteiger partial charge >= 0.3 is 5.97 Å². The Hall–Kier alpha value is -2.11. The number of amides is 1. The molecule has 0 spiro atoms. The van der Waals surface area contributed by atoms with Crippen LogP contribution in [0.2, 0.25) is 0 Å². The summed E-state index contributed by atoms with van der Waals surface area (Å²) in [5.41, 5.74) is 0.561. The van der Waals surface area contributed by atoms with Crippen molar-refractivity contribution in [1.82, 2.24) is 4.98 Å². The van der Waals surface area contributed by atoms with Crippen LogP contribution in [0, 0.1) is 5.92 Å². The third-order valence-electron chi connectivity index (χ3n) is 2.30. The number of aromatic nitrogens is 1. The Morgan fingerprint density at radius 1 is 1.32 bits per heavy atom. The van der Waals surface area contributed by atoms with Crippen molar-refractivity contribution in [2.24, 2.45) is 5.92 Å². The first-order valence-corrected chi connectivity index (χ1v) is 6.19. The van der Waals surface area contributed by atoms with Crippen LogP contribution in [0.25, 0.3) is 0 Å². The van der Waals surface area contributed by atoms with E-state index in [2.05, 4.69) is 29.5 Å². The van der Waals surface area contributed by atoms with E-state index in [-0.39, 0.29) is 18.7 Å². The average molecular weight is 265 g/mol. The van der Waals surface area contributed by atoms with Gasteiger partial charge in [-0.05, 0) is 18.1 Å². The van der Waals surface area contributed by atoms with Gasteiger partial charge < -0.3 is 15.7 Å². The first-order chi connectivity index (χ1) is 8.97. The van der Waals surface area contributed by atoms with Crippen LogP contribution in [0.1, 0.15) is 26.7 Å². The number of pyridine rings is 1. The second kappa shape index (κ2) is 7.35. The molecule has 19 heavy (non-hydrogen) atoms. The molecular weight excluding hydrogens is 246 g/mol. The maximum absolute atomic E-state index is 11.4. The smallest absolute Gasteiger partial charge is 0.303 e. The number of carboxylic acids is 1. The molecule has 0 aliphatic heterocycles. The summed E-state index contributed by atoms with van der Waals surface area (Å²) >= 11 is 0. The number of hydrogen-bond acceptors (Lipinski definition) is 4. The highest BCUT2D eigenvalue weighted by molar-refractivity contribution is 5.92. The molecule has 6 heteroatoms. The van der Waals surface area contributed by atoms with E-state index in [4.69, 9.17) is 5.11 Å². The zero-order valence-corrected chi connectivity index (χ0v) is 11.1. The predicted octanol–water partition coefficient (Wildman–Crippen LogP) is 1.95. The fourth-order valence-electron chi connectivity index (χ4n) is 1.33. The minimum Gasteiger partial charge on any atom is -0.481 e. The Morgan fingerprint density at radius 2 is 2.05 bits per heavy atom. The van der Waals surface area contributed by atoms with Crippen LogP contribution in [-0.4, -0.2) is 28.5 Å². The number of nitrogens with zero attached hydrogens (tertiary/aromatic N) is 1. The van der Waals surface area contributed by atoms with Gasteiger partial charge in [-0.25, -0.2) is 4.98 Å². The molecule has 0 saturated carbocycles. The van der Waals surface area contributed by atoms with E-state index in [9.17, 15) is 9.59 Å². The molecule has 1 aromatic rings. The number of nitrogens with one attached hydrogen (secondary N) is 2. The first kappa shape index (κ1) is 14.9. The molecule has 0 aromatic carbocycles. The summed E-state index contributed by atoms with van der Waals surface area (Å²) < 4.78 is 0. The normalized spacial score (nSPS) is 10.3. The van der Waals surface area contributed by atoms with Crippen LogP contribution >= 0.6 is 0 Å². The molecular formula is C13H19N3O3. The Balaban J connectivity index is 2.43. The number of carbonyl (C=O) groups excluding carboxylic acids is 1. The number of hydrogen-bond donors (Lipinski definition) is 3. The highest BCUT2D eigenvalue weighted by Gasteiger charge is 2.06. The van der Waals surface area contributed by atoms with Gasteiger partial charge in [-0.2, -0.15) is 0 Å². The standard InChI is InChI=1S/C13H19N3O3/c1-9(2)7-14-11-4-3-10(8-15-11)16-12(17)5-6-13(18)19/h3-4,8-9H,5-7H2,1-2H3,(H,14,15)(H,16,17)(H,18,19). The van der Waals surface area contributed by atoms with Gasteiger partial charge in [-0.15, -0.1) is 0 Å². The Kier molecular flexibility index (Phi) is 5.78. The van der Waals surface area contributed by atoms with E-state index >= 15 is 0 Å². The van der Waals surface area contributed by atoms with Gasteiger partial charge in [-0.3, -0.25) is 9.59 Å². The van der Waals surface area contributed by atoms with Crippen molar-refractivity contribution in [2.75, 3.05) is 17.2 Å². The lowest BCUT2D eigenvalue weighted by Crippen LogP contribution is -2.13. The second-order valence-corrected chi connectivity index (χ2v) is 4.65. The molecule has 1 amide bonds. The van der Waals surface area contributed by atoms with Crippen LogP contribution in [0.15, 0.2) is 18.3 Å². The molecule has 3 N–H and O–H groups in total. The summed E-state index contributed by atoms with van der Waals surface area (Å²) in [7, 11) is 0. The van der Waals surface area contributed by atoms with Crippen LogP contribution < -0.4 is 10.6 Å². The van der Waals surface area contributed by atoms with Crippen molar-refractivity contribution >= 4 is 23.4 Å². The monoisotopic (exact) mass is 265 g/mol. The molecule has 104 valence electrons. The van der Waals surface area contributed by atoms with Crippen molar-refractivity contribution in [3.63, 3.8) is 0 Å². The summed E-state index contributed by atoms with van der Waals surface area (Å²) in [6.45, 7) is 5.03. The van der Waals surface area contributed by atoms with E-state index < -0.39 is 5.97 Å². The third-order valence-corrected chi connectivity index (χ3v) is 2.30. The van der Waals surface area contributed by atoms with E-state index in [1.807, 2.05) is 0 Å². The molecule has 1 rings (SSSR count). The second-order valence-electron chi connectivity index (χ2n) is 4.65. The lowest BCUT2D eigenvalue weighted by Gasteiger charge is -2.09. The van der Waals surface area contributed by atoms with Crippen molar-refractivity contribution in [1.29, 1.82) is 0 Å². The number of aliphatic carboxylic acids is 1. The maximum atomic E-state index is 11.4. The summed E-state index contributed by atoms with van der Waals surface area (Å²) in [4.78, 5) is 25.9. The summed E-state index contributed by atoms with van der Waals surface area (Å²) in [6, 6.07) is 3.50. The Labute approximate surface area is 112 Å². The van der Waals surface area contributed by atoms with E-state index in [0.29, 0.717) is 11.6 Å². The molecule has 0 fully saturated rings. The highest BCUT2D eigenvalue weighted by atomic mass is 16.4. The SMILES string of the molecule is CC(C)CNc1ccc(NC(=O)CCC(=O)O)cn1. The summed E-state index contributed by atoms with van der Waals surface area (Å²) in [5.74, 6) is -0.0389. The Bertz CT molecular complexity index is 429. The number of carbonyl (C=O) groups is 2. The van der Waals surface area contributed by atoms with Gasteiger partial charge in [0.2, 0.25) is 5.91 Å². The number of anilines is 2. The Morgan fingerprint density at radius 3 is 2.58 bits per heavy atom. The van der Waals surface area contributed by atoms with E-state index in [0.717, 1.165) is 12.4 Å². The quantitative estimate of drug-likeness (QED) is 0.701. The lowest BCUT2D eigenvalue weighted by molar-refractivity contribution is -0.138. The molecule has 0 saturated heterocycles. The minimum atomic E-state index is -0.985. The van der Waals surface area contributed by atoms with E-state index in [1.165, 1.54) is 0 Å². The molecule has 0 bridgehead atoms. The average Bonchev–Trinajstić information content (AvgIpc) is 2.35. The number of carboxylic acid groups (broad SMARTS) is 1. The van der Waals surface area contributed by atoms with Gasteiger partial charge in [0.15, 0.2) is 0 Å². The van der Waals surface area contributed by atoms with Crippen LogP contribution in [0.5, 0.6) is 0 Å². The van der Waals surface area contributed by atoms with E-state index in [1.54, 1.807) is 18.3 Å². The van der Waals surface area contributed by atoms with Crippen molar-refractivity contribution < 1.29 is 14.7 Å². The van der Waals surface area contributed by atoms with Crippen LogP contribution in [0.3, 0.4) is 0 Å². The molecule has 0 radical (unpaired) electrons. The van der Waals surface area contributed by atoms with Crippen LogP contribution in [-0.2, 0) is 9.59 Å². The zero-order valence-electron chi connectivity index (χ0n) is 11.1. The van der Waals surface area contributed by atoms with Crippen LogP contribution in [0.4, 0.5) is 11.5 Å². The molecule has 0 aliphatic carbocycles. The molecule has 0 atom stereocenters. The summed E-state index contributed by atoms with van der Waals surface area (Å²) in [6.07, 6.45) is 1.33. The van der Waals surface area contributed by atoms with Crippen molar-refractivity contribution in [3.05, 3.63) is 18.3 Å². The zero-order chi connectivity index (χ0) is 14.3. The third kappa shape index (κ3) is 6.40.